The van der Waals surface area contributed by atoms with Gasteiger partial charge in [-0.15, -0.1) is 0 Å². The zero-order valence-corrected chi connectivity index (χ0v) is 9.86. The average molecular weight is 237 g/mol. The molecule has 0 radical (unpaired) electrons. The molecule has 92 valence electrons. The van der Waals surface area contributed by atoms with Gasteiger partial charge < -0.3 is 14.8 Å². The van der Waals surface area contributed by atoms with Gasteiger partial charge in [0.15, 0.2) is 6.61 Å². The van der Waals surface area contributed by atoms with E-state index in [2.05, 4.69) is 5.32 Å². The Morgan fingerprint density at radius 1 is 1.35 bits per heavy atom. The highest BCUT2D eigenvalue weighted by molar-refractivity contribution is 5.91. The Hall–Kier alpha value is -1.88. The van der Waals surface area contributed by atoms with E-state index in [0.717, 1.165) is 5.56 Å². The predicted molar refractivity (Wildman–Crippen MR) is 61.5 cm³/mol. The Morgan fingerprint density at radius 2 is 2.12 bits per heavy atom. The first-order valence-electron chi connectivity index (χ1n) is 5.13. The summed E-state index contributed by atoms with van der Waals surface area (Å²) >= 11 is 0. The van der Waals surface area contributed by atoms with Gasteiger partial charge in [-0.2, -0.15) is 0 Å². The van der Waals surface area contributed by atoms with Crippen LogP contribution < -0.4 is 5.32 Å². The molecule has 1 rings (SSSR count). The first-order valence-corrected chi connectivity index (χ1v) is 5.13. The van der Waals surface area contributed by atoms with E-state index in [-0.39, 0.29) is 12.5 Å². The molecule has 5 heteroatoms. The van der Waals surface area contributed by atoms with Gasteiger partial charge >= 0.3 is 5.97 Å². The molecule has 1 aromatic rings. The van der Waals surface area contributed by atoms with E-state index in [0.29, 0.717) is 12.2 Å². The van der Waals surface area contributed by atoms with Crippen molar-refractivity contribution in [2.75, 3.05) is 20.8 Å². The molecule has 1 aromatic carbocycles. The van der Waals surface area contributed by atoms with E-state index < -0.39 is 5.97 Å². The first-order chi connectivity index (χ1) is 8.17. The van der Waals surface area contributed by atoms with Gasteiger partial charge in [0.05, 0.1) is 12.2 Å². The number of methoxy groups -OCH3 is 1. The summed E-state index contributed by atoms with van der Waals surface area (Å²) < 4.78 is 9.78. The molecule has 0 bridgehead atoms. The minimum Gasteiger partial charge on any atom is -0.452 e. The molecular weight excluding hydrogens is 222 g/mol. The van der Waals surface area contributed by atoms with Crippen molar-refractivity contribution in [1.82, 2.24) is 5.32 Å². The third-order valence-electron chi connectivity index (χ3n) is 2.09. The maximum absolute atomic E-state index is 11.6. The van der Waals surface area contributed by atoms with Crippen LogP contribution in [-0.4, -0.2) is 32.6 Å². The minimum absolute atomic E-state index is 0.274. The lowest BCUT2D eigenvalue weighted by Gasteiger charge is -2.05. The topological polar surface area (TPSA) is 64.6 Å². The number of hydrogen-bond donors (Lipinski definition) is 1. The van der Waals surface area contributed by atoms with Crippen molar-refractivity contribution in [2.24, 2.45) is 0 Å². The van der Waals surface area contributed by atoms with Gasteiger partial charge in [-0.05, 0) is 17.7 Å². The summed E-state index contributed by atoms with van der Waals surface area (Å²) in [6.07, 6.45) is 0. The molecule has 17 heavy (non-hydrogen) atoms. The number of hydrogen-bond acceptors (Lipinski definition) is 4. The first kappa shape index (κ1) is 13.2. The Bertz CT molecular complexity index is 403. The molecule has 0 spiro atoms. The van der Waals surface area contributed by atoms with Crippen molar-refractivity contribution in [3.8, 4) is 0 Å². The number of esters is 1. The van der Waals surface area contributed by atoms with Crippen molar-refractivity contribution < 1.29 is 19.1 Å². The lowest BCUT2D eigenvalue weighted by Crippen LogP contribution is -2.25. The second-order valence-corrected chi connectivity index (χ2v) is 3.38. The van der Waals surface area contributed by atoms with Crippen molar-refractivity contribution >= 4 is 11.9 Å². The standard InChI is InChI=1S/C12H15NO4/c1-13-11(14)8-17-12(15)10-5-3-4-9(6-10)7-16-2/h3-6H,7-8H2,1-2H3,(H,13,14). The van der Waals surface area contributed by atoms with Crippen LogP contribution in [0.5, 0.6) is 0 Å². The van der Waals surface area contributed by atoms with Crippen LogP contribution in [-0.2, 0) is 20.9 Å². The monoisotopic (exact) mass is 237 g/mol. The van der Waals surface area contributed by atoms with Gasteiger partial charge in [0.1, 0.15) is 0 Å². The number of ether oxygens (including phenoxy) is 2. The van der Waals surface area contributed by atoms with Gasteiger partial charge in [-0.25, -0.2) is 4.79 Å². The van der Waals surface area contributed by atoms with Gasteiger partial charge in [0.25, 0.3) is 5.91 Å². The maximum Gasteiger partial charge on any atom is 0.338 e. The molecule has 0 aliphatic heterocycles. The Kier molecular flexibility index (Phi) is 5.16. The summed E-state index contributed by atoms with van der Waals surface area (Å²) in [5, 5.41) is 2.37. The van der Waals surface area contributed by atoms with Crippen LogP contribution in [0.2, 0.25) is 0 Å². The third-order valence-corrected chi connectivity index (χ3v) is 2.09. The van der Waals surface area contributed by atoms with Gasteiger partial charge in [-0.1, -0.05) is 12.1 Å². The second kappa shape index (κ2) is 6.65. The van der Waals surface area contributed by atoms with E-state index in [4.69, 9.17) is 9.47 Å². The largest absolute Gasteiger partial charge is 0.452 e. The lowest BCUT2D eigenvalue weighted by molar-refractivity contribution is -0.123. The fourth-order valence-corrected chi connectivity index (χ4v) is 1.24. The summed E-state index contributed by atoms with van der Waals surface area (Å²) in [6.45, 7) is 0.153. The number of amides is 1. The number of carbonyl (C=O) groups excluding carboxylic acids is 2. The van der Waals surface area contributed by atoms with Crippen LogP contribution >= 0.6 is 0 Å². The quantitative estimate of drug-likeness (QED) is 0.767. The smallest absolute Gasteiger partial charge is 0.338 e. The molecule has 0 unspecified atom stereocenters. The summed E-state index contributed by atoms with van der Waals surface area (Å²) in [7, 11) is 3.06. The highest BCUT2D eigenvalue weighted by Crippen LogP contribution is 2.07. The molecule has 0 aromatic heterocycles. The molecule has 5 nitrogen and oxygen atoms in total. The fraction of sp³-hybridized carbons (Fsp3) is 0.333. The summed E-state index contributed by atoms with van der Waals surface area (Å²) in [5.41, 5.74) is 1.28. The Labute approximate surface area is 99.7 Å². The minimum atomic E-state index is -0.522. The average Bonchev–Trinajstić information content (AvgIpc) is 2.36. The Morgan fingerprint density at radius 3 is 2.76 bits per heavy atom. The van der Waals surface area contributed by atoms with E-state index in [1.165, 1.54) is 7.05 Å². The normalized spacial score (nSPS) is 9.76. The van der Waals surface area contributed by atoms with Crippen LogP contribution in [0, 0.1) is 0 Å². The number of benzene rings is 1. The molecule has 1 amide bonds. The third kappa shape index (κ3) is 4.24. The number of nitrogens with one attached hydrogen (secondary N) is 1. The van der Waals surface area contributed by atoms with E-state index >= 15 is 0 Å². The van der Waals surface area contributed by atoms with E-state index in [1.807, 2.05) is 6.07 Å². The molecule has 0 saturated carbocycles. The van der Waals surface area contributed by atoms with Crippen LogP contribution in [0.4, 0.5) is 0 Å². The molecule has 0 aliphatic rings. The summed E-state index contributed by atoms with van der Waals surface area (Å²) in [6, 6.07) is 6.89. The zero-order chi connectivity index (χ0) is 12.7. The van der Waals surface area contributed by atoms with E-state index in [1.54, 1.807) is 25.3 Å². The molecule has 0 aliphatic carbocycles. The molecular formula is C12H15NO4. The second-order valence-electron chi connectivity index (χ2n) is 3.38. The molecule has 0 saturated heterocycles. The van der Waals surface area contributed by atoms with E-state index in [9.17, 15) is 9.59 Å². The SMILES string of the molecule is CNC(=O)COC(=O)c1cccc(COC)c1. The van der Waals surface area contributed by atoms with Crippen molar-refractivity contribution in [3.63, 3.8) is 0 Å². The maximum atomic E-state index is 11.6. The fourth-order valence-electron chi connectivity index (χ4n) is 1.24. The highest BCUT2D eigenvalue weighted by atomic mass is 16.5. The molecule has 0 fully saturated rings. The predicted octanol–water partition coefficient (Wildman–Crippen LogP) is 0.736. The van der Waals surface area contributed by atoms with Crippen molar-refractivity contribution in [2.45, 2.75) is 6.61 Å². The number of carbonyl (C=O) groups is 2. The van der Waals surface area contributed by atoms with Crippen molar-refractivity contribution in [3.05, 3.63) is 35.4 Å². The summed E-state index contributed by atoms with van der Waals surface area (Å²) in [4.78, 5) is 22.5. The lowest BCUT2D eigenvalue weighted by atomic mass is 10.1. The van der Waals surface area contributed by atoms with Crippen LogP contribution in [0.1, 0.15) is 15.9 Å². The molecule has 0 atom stereocenters. The highest BCUT2D eigenvalue weighted by Gasteiger charge is 2.09. The molecule has 0 heterocycles. The van der Waals surface area contributed by atoms with Gasteiger partial charge in [0, 0.05) is 14.2 Å². The van der Waals surface area contributed by atoms with Gasteiger partial charge in [0.2, 0.25) is 0 Å². The van der Waals surface area contributed by atoms with Crippen LogP contribution in [0.15, 0.2) is 24.3 Å². The van der Waals surface area contributed by atoms with Crippen LogP contribution in [0.3, 0.4) is 0 Å². The van der Waals surface area contributed by atoms with Crippen LogP contribution in [0.25, 0.3) is 0 Å². The molecule has 1 N–H and O–H groups in total. The Balaban J connectivity index is 2.62. The van der Waals surface area contributed by atoms with Crippen molar-refractivity contribution in [1.29, 1.82) is 0 Å². The summed E-state index contributed by atoms with van der Waals surface area (Å²) in [5.74, 6) is -0.863. The zero-order valence-electron chi connectivity index (χ0n) is 9.86. The van der Waals surface area contributed by atoms with Gasteiger partial charge in [-0.3, -0.25) is 4.79 Å². The number of likely N-dealkylation sites (N-methyl/N-ethyl adjacent to an activating group) is 1. The number of rotatable bonds is 5.